The van der Waals surface area contributed by atoms with E-state index in [1.165, 1.54) is 0 Å². The number of benzene rings is 1. The van der Waals surface area contributed by atoms with Crippen LogP contribution in [0.2, 0.25) is 0 Å². The maximum absolute atomic E-state index is 14.2. The minimum Gasteiger partial charge on any atom is -0.370 e. The normalized spacial score (nSPS) is 16.3. The van der Waals surface area contributed by atoms with Gasteiger partial charge in [-0.15, -0.1) is 0 Å². The first kappa shape index (κ1) is 90.9. The Bertz CT molecular complexity index is 3570. The lowest BCUT2D eigenvalue weighted by molar-refractivity contribution is -0.136. The Labute approximate surface area is 612 Å². The number of primary amides is 1. The van der Waals surface area contributed by atoms with E-state index in [2.05, 4.69) is 93.4 Å². The zero-order valence-corrected chi connectivity index (χ0v) is 61.2. The molecule has 590 valence electrons. The van der Waals surface area contributed by atoms with Crippen molar-refractivity contribution in [2.75, 3.05) is 39.3 Å². The van der Waals surface area contributed by atoms with Gasteiger partial charge in [-0.25, -0.2) is 0 Å². The monoisotopic (exact) mass is 1490 g/mol. The van der Waals surface area contributed by atoms with E-state index in [1.807, 2.05) is 0 Å². The number of aromatic nitrogens is 1. The third-order valence-corrected chi connectivity index (χ3v) is 16.1. The molecule has 0 saturated carbocycles. The number of rotatable bonds is 39. The molecule has 0 bridgehead atoms. The molecule has 0 unspecified atom stereocenters. The summed E-state index contributed by atoms with van der Waals surface area (Å²) < 4.78 is 0. The summed E-state index contributed by atoms with van der Waals surface area (Å²) in [7, 11) is 0. The molecule has 14 atom stereocenters. The van der Waals surface area contributed by atoms with Crippen LogP contribution in [0.5, 0.6) is 0 Å². The number of nitrogens with zero attached hydrogens (tertiary/aromatic N) is 6. The number of H-pyrrole nitrogens is 1. The molecule has 0 fully saturated rings. The highest BCUT2D eigenvalue weighted by Crippen LogP contribution is 2.20. The summed E-state index contributed by atoms with van der Waals surface area (Å²) in [5.74, 6) is -15.4. The lowest BCUT2D eigenvalue weighted by Crippen LogP contribution is -2.62. The van der Waals surface area contributed by atoms with Crippen LogP contribution >= 0.6 is 0 Å². The molecule has 1 aromatic heterocycles. The average Bonchev–Trinajstić information content (AvgIpc) is 1.73. The third-order valence-electron chi connectivity index (χ3n) is 16.1. The van der Waals surface area contributed by atoms with Gasteiger partial charge in [0.05, 0.1) is 39.3 Å². The van der Waals surface area contributed by atoms with Gasteiger partial charge in [0, 0.05) is 23.5 Å². The Morgan fingerprint density at radius 1 is 0.358 bits per heavy atom. The molecule has 0 saturated heterocycles. The predicted molar refractivity (Wildman–Crippen MR) is 398 cm³/mol. The number of nitrogens with one attached hydrogen (secondary N) is 12. The number of hydrogen-bond acceptors (Lipinski definition) is 24. The fourth-order valence-corrected chi connectivity index (χ4v) is 9.22. The van der Waals surface area contributed by atoms with Gasteiger partial charge in [-0.3, -0.25) is 114 Å². The Hall–Kier alpha value is -11.2. The van der Waals surface area contributed by atoms with Crippen molar-refractivity contribution in [1.29, 1.82) is 0 Å². The van der Waals surface area contributed by atoms with E-state index in [4.69, 9.17) is 80.3 Å². The summed E-state index contributed by atoms with van der Waals surface area (Å²) in [6, 6.07) is -8.53. The lowest BCUT2D eigenvalue weighted by Gasteiger charge is -2.31. The van der Waals surface area contributed by atoms with E-state index in [1.54, 1.807) is 99.7 Å². The fourth-order valence-electron chi connectivity index (χ4n) is 9.22. The molecule has 2 aromatic rings. The minimum absolute atomic E-state index is 0.0976. The van der Waals surface area contributed by atoms with Crippen LogP contribution < -0.4 is 139 Å². The van der Waals surface area contributed by atoms with E-state index in [0.29, 0.717) is 18.4 Å². The van der Waals surface area contributed by atoms with Gasteiger partial charge in [0.2, 0.25) is 70.9 Å². The second-order valence-corrected chi connectivity index (χ2v) is 25.9. The van der Waals surface area contributed by atoms with Gasteiger partial charge in [-0.05, 0) is 41.2 Å². The molecule has 44 nitrogen and oxygen atoms in total. The smallest absolute Gasteiger partial charge is 0.249 e. The minimum atomic E-state index is -1.47. The molecular formula is C62H110N32O12. The van der Waals surface area contributed by atoms with Gasteiger partial charge in [0.25, 0.3) is 0 Å². The highest BCUT2D eigenvalue weighted by molar-refractivity contribution is 6.05. The number of carbonyl (C=O) groups excluding carboxylic acids is 12. The average molecular weight is 1500 g/mol. The van der Waals surface area contributed by atoms with Gasteiger partial charge in [-0.2, -0.15) is 0 Å². The topological polar surface area (TPSA) is 791 Å². The van der Waals surface area contributed by atoms with Crippen molar-refractivity contribution in [2.45, 2.75) is 161 Å². The fraction of sp³-hybridized carbons (Fsp3) is 0.581. The van der Waals surface area contributed by atoms with E-state index in [9.17, 15) is 57.5 Å². The van der Waals surface area contributed by atoms with E-state index >= 15 is 0 Å². The summed E-state index contributed by atoms with van der Waals surface area (Å²) in [6.45, 7) is 14.1. The van der Waals surface area contributed by atoms with Crippen molar-refractivity contribution >= 4 is 118 Å². The first-order valence-electron chi connectivity index (χ1n) is 33.8. The van der Waals surface area contributed by atoms with E-state index < -0.39 is 229 Å². The number of nitrogens with two attached hydrogens (primary N) is 14. The molecule has 1 heterocycles. The Morgan fingerprint density at radius 2 is 0.651 bits per heavy atom. The van der Waals surface area contributed by atoms with Crippen LogP contribution in [-0.4, -0.2) is 223 Å². The van der Waals surface area contributed by atoms with Gasteiger partial charge in [0.15, 0.2) is 35.8 Å². The zero-order chi connectivity index (χ0) is 80.6. The van der Waals surface area contributed by atoms with E-state index in [0.717, 1.165) is 10.9 Å². The molecule has 106 heavy (non-hydrogen) atoms. The number of hydrogen-bond donors (Lipinski definition) is 26. The molecule has 40 N–H and O–H groups in total. The summed E-state index contributed by atoms with van der Waals surface area (Å²) >= 11 is 0. The highest BCUT2D eigenvalue weighted by atomic mass is 16.2. The number of para-hydroxylation sites is 1. The summed E-state index contributed by atoms with van der Waals surface area (Å²) in [4.78, 5) is 186. The summed E-state index contributed by atoms with van der Waals surface area (Å²) in [5.41, 5.74) is 82.2. The molecule has 0 radical (unpaired) electrons. The molecule has 0 spiro atoms. The van der Waals surface area contributed by atoms with Crippen LogP contribution in [0.4, 0.5) is 0 Å². The predicted octanol–water partition coefficient (Wildman–Crippen LogP) is -11.4. The van der Waals surface area contributed by atoms with Crippen molar-refractivity contribution in [3.63, 3.8) is 0 Å². The van der Waals surface area contributed by atoms with Crippen molar-refractivity contribution < 1.29 is 57.5 Å². The van der Waals surface area contributed by atoms with Crippen molar-refractivity contribution in [2.24, 2.45) is 140 Å². The quantitative estimate of drug-likeness (QED) is 0.0218. The summed E-state index contributed by atoms with van der Waals surface area (Å²) in [6.07, 6.45) is 2.25. The van der Waals surface area contributed by atoms with E-state index in [-0.39, 0.29) is 25.5 Å². The first-order valence-corrected chi connectivity index (χ1v) is 33.8. The van der Waals surface area contributed by atoms with Gasteiger partial charge >= 0.3 is 0 Å². The second-order valence-electron chi connectivity index (χ2n) is 25.9. The number of fused-ring (bicyclic) bond motifs is 1. The summed E-state index contributed by atoms with van der Waals surface area (Å²) in [5, 5.41) is 28.1. The number of amides is 12. The molecule has 2 rings (SSSR count). The maximum Gasteiger partial charge on any atom is 0.249 e. The van der Waals surface area contributed by atoms with Crippen LogP contribution in [0, 0.1) is 29.6 Å². The van der Waals surface area contributed by atoms with Crippen molar-refractivity contribution in [3.8, 4) is 0 Å². The molecule has 44 heteroatoms. The molecular weight excluding hydrogens is 1380 g/mol. The van der Waals surface area contributed by atoms with Crippen molar-refractivity contribution in [3.05, 3.63) is 36.0 Å². The second kappa shape index (κ2) is 44.4. The molecule has 0 aliphatic heterocycles. The molecule has 0 aliphatic carbocycles. The maximum atomic E-state index is 14.2. The first-order chi connectivity index (χ1) is 49.5. The zero-order valence-electron chi connectivity index (χ0n) is 61.2. The Kier molecular flexibility index (Phi) is 38.1. The van der Waals surface area contributed by atoms with Crippen LogP contribution in [0.25, 0.3) is 10.9 Å². The van der Waals surface area contributed by atoms with Gasteiger partial charge < -0.3 is 117 Å². The lowest BCUT2D eigenvalue weighted by atomic mass is 9.95. The SMILES string of the molecule is CC[C@H](C)[C@H](NC(=O)[C@@H](NC(=O)[C@@H](NC(=O)[C@@H](NC(=O)[C@@H](N)CN=C(N)NC(=O)[C@H](Cc1c[nH]c2ccccc12)NC(=O)[C@@H](N)CN=C(N)NC(=O)[C@@H](N)CN=C(N)N)[C@@H](C)CC)C(C)C)C(C)C)C(=O)NC(N)=NC[C@H](N)C(=O)N[C@H](C(=O)NC(N)=NC[C@H](N)C(=O)NC(N)=NC[C@H](N)C(N)=O)C(C)C. The molecule has 0 aliphatic rings. The Morgan fingerprint density at radius 3 is 1.04 bits per heavy atom. The largest absolute Gasteiger partial charge is 0.370 e. The van der Waals surface area contributed by atoms with Crippen LogP contribution in [0.3, 0.4) is 0 Å². The van der Waals surface area contributed by atoms with Crippen LogP contribution in [-0.2, 0) is 64.0 Å². The van der Waals surface area contributed by atoms with Gasteiger partial charge in [0.1, 0.15) is 72.5 Å². The molecule has 1 aromatic carbocycles. The number of aromatic amines is 1. The Balaban J connectivity index is 2.17. The van der Waals surface area contributed by atoms with Crippen LogP contribution in [0.1, 0.15) is 87.6 Å². The standard InChI is InChI=1S/C62H110N32O12/c1-11-28(9)43(88-48(98)36(67)23-81-60(74)92-51(101)39(17-30-18-77-38-16-14-13-15-31(30)38)84-46(96)34(65)21-80-59(73)90-49(99)33(64)20-78-57(70)71)55(105)87-40(25(3)4)52(102)86-41(26(5)6)53(103)89-44(29(10)12-2)56(106)94-62(76)82-22-35(66)47(97)85-42(27(7)8)54(104)93-61(75)83-24-37(68)50(100)91-58(72)79-19-32(63)45(69)95/h13-16,18,25-29,32-37,39-44,77H,11-12,17,19-24,63-68H2,1-10H3,(H2,69,95)(H,84,96)(H,85,97)(H,86,102)(H,87,105)(H,88,98)(H,89,103)(H4,70,71,78)(H3,72,79,91,100)(H3,73,80,90,99)(H3,74,81,92,101)(H3,75,83,93,104)(H3,76,82,94,106)/t28-,29-,32-,33-,34-,35-,36-,37-,39-,40-,41-,42-,43-,44-/m0/s1. The third kappa shape index (κ3) is 31.0. The molecule has 12 amide bonds. The number of carbonyl (C=O) groups is 12. The highest BCUT2D eigenvalue weighted by Gasteiger charge is 2.37. The number of guanidine groups is 6. The van der Waals surface area contributed by atoms with Crippen molar-refractivity contribution in [1.82, 2.24) is 63.5 Å². The van der Waals surface area contributed by atoms with Crippen LogP contribution in [0.15, 0.2) is 60.4 Å². The number of aliphatic imine (C=N–C) groups is 6. The van der Waals surface area contributed by atoms with Gasteiger partial charge in [-0.1, -0.05) is 100 Å².